The summed E-state index contributed by atoms with van der Waals surface area (Å²) in [5, 5.41) is 14.1. The van der Waals surface area contributed by atoms with Crippen molar-refractivity contribution in [2.24, 2.45) is 0 Å². The summed E-state index contributed by atoms with van der Waals surface area (Å²) in [7, 11) is 0. The number of nitrogens with one attached hydrogen (secondary N) is 1. The molecule has 21 heavy (non-hydrogen) atoms. The van der Waals surface area contributed by atoms with Gasteiger partial charge in [0.15, 0.2) is 0 Å². The molecule has 0 radical (unpaired) electrons. The predicted octanol–water partition coefficient (Wildman–Crippen LogP) is 3.20. The first kappa shape index (κ1) is 14.9. The Bertz CT molecular complexity index is 644. The van der Waals surface area contributed by atoms with Gasteiger partial charge < -0.3 is 10.1 Å². The summed E-state index contributed by atoms with van der Waals surface area (Å²) in [5.74, 6) is 0.905. The van der Waals surface area contributed by atoms with Gasteiger partial charge in [-0.3, -0.25) is 10.1 Å². The number of benzene rings is 1. The number of nitrogens with zero attached hydrogens (tertiary/aromatic N) is 2. The monoisotopic (exact) mass is 287 g/mol. The van der Waals surface area contributed by atoms with Crippen molar-refractivity contribution in [3.63, 3.8) is 0 Å². The Hall–Kier alpha value is -2.47. The second-order valence-electron chi connectivity index (χ2n) is 4.56. The lowest BCUT2D eigenvalue weighted by atomic mass is 10.2. The molecule has 110 valence electrons. The van der Waals surface area contributed by atoms with Crippen molar-refractivity contribution in [3.8, 4) is 11.6 Å². The topological polar surface area (TPSA) is 77.3 Å². The molecule has 1 aromatic heterocycles. The maximum atomic E-state index is 10.8. The second kappa shape index (κ2) is 6.81. The van der Waals surface area contributed by atoms with Crippen LogP contribution in [0, 0.1) is 17.0 Å². The molecule has 0 saturated carbocycles. The first-order chi connectivity index (χ1) is 10.1. The Labute approximate surface area is 122 Å². The van der Waals surface area contributed by atoms with Gasteiger partial charge in [0.25, 0.3) is 5.69 Å². The smallest absolute Gasteiger partial charge is 0.273 e. The van der Waals surface area contributed by atoms with Gasteiger partial charge in [-0.05, 0) is 31.2 Å². The summed E-state index contributed by atoms with van der Waals surface area (Å²) >= 11 is 0. The van der Waals surface area contributed by atoms with Gasteiger partial charge in [0.2, 0.25) is 5.88 Å². The minimum atomic E-state index is -0.440. The van der Waals surface area contributed by atoms with Crippen molar-refractivity contribution >= 4 is 5.69 Å². The maximum Gasteiger partial charge on any atom is 0.273 e. The van der Waals surface area contributed by atoms with E-state index < -0.39 is 4.92 Å². The standard InChI is InChI=1S/C15H17N3O3/c1-3-16-10-12-5-4-8-17-15(12)21-14-9-13(18(19)20)7-6-11(14)2/h4-9,16H,3,10H2,1-2H3. The molecule has 6 nitrogen and oxygen atoms in total. The summed E-state index contributed by atoms with van der Waals surface area (Å²) in [6.45, 7) is 5.32. The number of aryl methyl sites for hydroxylation is 1. The zero-order chi connectivity index (χ0) is 15.2. The summed E-state index contributed by atoms with van der Waals surface area (Å²) < 4.78 is 5.77. The molecule has 1 aromatic carbocycles. The van der Waals surface area contributed by atoms with Crippen LogP contribution in [0.1, 0.15) is 18.1 Å². The Morgan fingerprint density at radius 1 is 1.38 bits per heavy atom. The van der Waals surface area contributed by atoms with Crippen LogP contribution in [-0.2, 0) is 6.54 Å². The third kappa shape index (κ3) is 3.76. The van der Waals surface area contributed by atoms with Crippen molar-refractivity contribution in [2.75, 3.05) is 6.54 Å². The van der Waals surface area contributed by atoms with E-state index in [1.165, 1.54) is 12.1 Å². The highest BCUT2D eigenvalue weighted by atomic mass is 16.6. The number of rotatable bonds is 6. The van der Waals surface area contributed by atoms with Gasteiger partial charge in [0.05, 0.1) is 11.0 Å². The fourth-order valence-electron chi connectivity index (χ4n) is 1.83. The number of ether oxygens (including phenoxy) is 1. The van der Waals surface area contributed by atoms with Crippen LogP contribution < -0.4 is 10.1 Å². The highest BCUT2D eigenvalue weighted by Crippen LogP contribution is 2.29. The summed E-state index contributed by atoms with van der Waals surface area (Å²) in [5.41, 5.74) is 1.73. The van der Waals surface area contributed by atoms with E-state index in [2.05, 4.69) is 10.3 Å². The number of nitro groups is 1. The molecule has 0 amide bonds. The van der Waals surface area contributed by atoms with Crippen LogP contribution in [0.3, 0.4) is 0 Å². The SMILES string of the molecule is CCNCc1cccnc1Oc1cc([N+](=O)[O-])ccc1C. The summed E-state index contributed by atoms with van der Waals surface area (Å²) in [6.07, 6.45) is 1.64. The molecular formula is C15H17N3O3. The van der Waals surface area contributed by atoms with Gasteiger partial charge in [-0.15, -0.1) is 0 Å². The average Bonchev–Trinajstić information content (AvgIpc) is 2.48. The third-order valence-electron chi connectivity index (χ3n) is 3.00. The molecule has 2 aromatic rings. The van der Waals surface area contributed by atoms with Gasteiger partial charge in [0, 0.05) is 24.4 Å². The predicted molar refractivity (Wildman–Crippen MR) is 79.5 cm³/mol. The molecule has 0 unspecified atom stereocenters. The number of nitro benzene ring substituents is 1. The van der Waals surface area contributed by atoms with E-state index in [4.69, 9.17) is 4.74 Å². The van der Waals surface area contributed by atoms with E-state index in [0.717, 1.165) is 17.7 Å². The zero-order valence-corrected chi connectivity index (χ0v) is 12.0. The van der Waals surface area contributed by atoms with Crippen molar-refractivity contribution in [2.45, 2.75) is 20.4 Å². The van der Waals surface area contributed by atoms with Gasteiger partial charge in [-0.2, -0.15) is 0 Å². The molecule has 1 N–H and O–H groups in total. The van der Waals surface area contributed by atoms with Crippen LogP contribution in [0.25, 0.3) is 0 Å². The van der Waals surface area contributed by atoms with Gasteiger partial charge in [0.1, 0.15) is 5.75 Å². The quantitative estimate of drug-likeness (QED) is 0.652. The van der Waals surface area contributed by atoms with E-state index in [-0.39, 0.29) is 5.69 Å². The van der Waals surface area contributed by atoms with Crippen LogP contribution in [-0.4, -0.2) is 16.5 Å². The van der Waals surface area contributed by atoms with E-state index in [0.29, 0.717) is 18.2 Å². The van der Waals surface area contributed by atoms with E-state index >= 15 is 0 Å². The molecule has 0 spiro atoms. The Kier molecular flexibility index (Phi) is 4.84. The minimum absolute atomic E-state index is 0.000218. The van der Waals surface area contributed by atoms with Crippen LogP contribution >= 0.6 is 0 Å². The molecule has 0 aliphatic carbocycles. The van der Waals surface area contributed by atoms with Crippen molar-refractivity contribution in [1.82, 2.24) is 10.3 Å². The van der Waals surface area contributed by atoms with Crippen LogP contribution in [0.2, 0.25) is 0 Å². The van der Waals surface area contributed by atoms with Crippen LogP contribution in [0.5, 0.6) is 11.6 Å². The second-order valence-corrected chi connectivity index (χ2v) is 4.56. The molecule has 6 heteroatoms. The Balaban J connectivity index is 2.29. The number of hydrogen-bond acceptors (Lipinski definition) is 5. The lowest BCUT2D eigenvalue weighted by Gasteiger charge is -2.11. The van der Waals surface area contributed by atoms with Gasteiger partial charge in [-0.25, -0.2) is 4.98 Å². The third-order valence-corrected chi connectivity index (χ3v) is 3.00. The molecule has 0 bridgehead atoms. The number of pyridine rings is 1. The molecule has 0 atom stereocenters. The Morgan fingerprint density at radius 2 is 2.19 bits per heavy atom. The van der Waals surface area contributed by atoms with Crippen molar-refractivity contribution in [1.29, 1.82) is 0 Å². The lowest BCUT2D eigenvalue weighted by molar-refractivity contribution is -0.384. The molecular weight excluding hydrogens is 270 g/mol. The first-order valence-electron chi connectivity index (χ1n) is 6.69. The largest absolute Gasteiger partial charge is 0.438 e. The number of non-ortho nitro benzene ring substituents is 1. The molecule has 0 fully saturated rings. The van der Waals surface area contributed by atoms with E-state index in [1.54, 1.807) is 12.3 Å². The molecule has 0 aliphatic heterocycles. The molecule has 2 rings (SSSR count). The fraction of sp³-hybridized carbons (Fsp3) is 0.267. The van der Waals surface area contributed by atoms with Crippen molar-refractivity contribution in [3.05, 3.63) is 57.8 Å². The van der Waals surface area contributed by atoms with Crippen LogP contribution in [0.15, 0.2) is 36.5 Å². The van der Waals surface area contributed by atoms with Gasteiger partial charge >= 0.3 is 0 Å². The average molecular weight is 287 g/mol. The fourth-order valence-corrected chi connectivity index (χ4v) is 1.83. The number of hydrogen-bond donors (Lipinski definition) is 1. The van der Waals surface area contributed by atoms with E-state index in [1.807, 2.05) is 26.0 Å². The molecule has 0 aliphatic rings. The van der Waals surface area contributed by atoms with Crippen molar-refractivity contribution < 1.29 is 9.66 Å². The van der Waals surface area contributed by atoms with Crippen LogP contribution in [0.4, 0.5) is 5.69 Å². The number of aromatic nitrogens is 1. The molecule has 0 saturated heterocycles. The normalized spacial score (nSPS) is 10.4. The molecule has 1 heterocycles. The Morgan fingerprint density at radius 3 is 2.90 bits per heavy atom. The van der Waals surface area contributed by atoms with E-state index in [9.17, 15) is 10.1 Å². The van der Waals surface area contributed by atoms with Gasteiger partial charge in [-0.1, -0.05) is 13.0 Å². The summed E-state index contributed by atoms with van der Waals surface area (Å²) in [6, 6.07) is 8.29. The highest BCUT2D eigenvalue weighted by Gasteiger charge is 2.12. The lowest BCUT2D eigenvalue weighted by Crippen LogP contribution is -2.12. The first-order valence-corrected chi connectivity index (χ1v) is 6.69. The highest BCUT2D eigenvalue weighted by molar-refractivity contribution is 5.45. The zero-order valence-electron chi connectivity index (χ0n) is 12.0. The minimum Gasteiger partial charge on any atom is -0.438 e. The maximum absolute atomic E-state index is 10.8. The summed E-state index contributed by atoms with van der Waals surface area (Å²) in [4.78, 5) is 14.6.